The Morgan fingerprint density at radius 3 is 2.74 bits per heavy atom. The minimum absolute atomic E-state index is 0.0369. The van der Waals surface area contributed by atoms with E-state index in [0.717, 1.165) is 21.2 Å². The summed E-state index contributed by atoms with van der Waals surface area (Å²) in [5.41, 5.74) is 2.40. The second-order valence-electron chi connectivity index (χ2n) is 6.62. The summed E-state index contributed by atoms with van der Waals surface area (Å²) in [5.74, 6) is 0.711. The van der Waals surface area contributed by atoms with Gasteiger partial charge < -0.3 is 4.90 Å². The van der Waals surface area contributed by atoms with E-state index in [0.29, 0.717) is 18.1 Å². The Kier molecular flexibility index (Phi) is 4.86. The van der Waals surface area contributed by atoms with Crippen LogP contribution in [0.4, 0.5) is 14.5 Å². The van der Waals surface area contributed by atoms with Gasteiger partial charge in [-0.2, -0.15) is 0 Å². The average molecular weight is 387 g/mol. The van der Waals surface area contributed by atoms with E-state index in [1.165, 1.54) is 5.56 Å². The molecule has 27 heavy (non-hydrogen) atoms. The molecule has 7 heteroatoms. The van der Waals surface area contributed by atoms with Gasteiger partial charge in [-0.25, -0.2) is 8.78 Å². The Hall–Kier alpha value is -2.41. The van der Waals surface area contributed by atoms with E-state index < -0.39 is 18.9 Å². The number of thioether (sulfide) groups is 1. The van der Waals surface area contributed by atoms with Gasteiger partial charge in [0.2, 0.25) is 5.96 Å². The number of amides is 1. The first-order valence-corrected chi connectivity index (χ1v) is 9.77. The van der Waals surface area contributed by atoms with Crippen LogP contribution in [-0.4, -0.2) is 42.3 Å². The number of aliphatic imine (C=N–C) groups is 1. The van der Waals surface area contributed by atoms with Gasteiger partial charge in [-0.15, -0.1) is 11.8 Å². The molecule has 1 atom stereocenters. The Morgan fingerprint density at radius 2 is 2.00 bits per heavy atom. The van der Waals surface area contributed by atoms with Crippen molar-refractivity contribution in [2.45, 2.75) is 30.0 Å². The fraction of sp³-hybridized carbons (Fsp3) is 0.300. The molecule has 0 saturated carbocycles. The molecule has 2 aliphatic heterocycles. The molecule has 2 aromatic carbocycles. The van der Waals surface area contributed by atoms with Crippen molar-refractivity contribution in [3.63, 3.8) is 0 Å². The minimum Gasteiger partial charge on any atom is -0.307 e. The molecule has 2 heterocycles. The maximum Gasteiger partial charge on any atom is 0.262 e. The van der Waals surface area contributed by atoms with Crippen LogP contribution in [0.2, 0.25) is 0 Å². The zero-order valence-corrected chi connectivity index (χ0v) is 15.6. The summed E-state index contributed by atoms with van der Waals surface area (Å²) in [4.78, 5) is 21.2. The molecule has 0 aliphatic carbocycles. The van der Waals surface area contributed by atoms with Crippen molar-refractivity contribution in [3.8, 4) is 0 Å². The predicted molar refractivity (Wildman–Crippen MR) is 104 cm³/mol. The number of carbonyl (C=O) groups excluding carboxylic acids is 1. The standard InChI is InChI=1S/C20H19F2N3OS/c1-13-10-23-20-24(11-18(21)22)19(26)16-9-15(7-8-17(16)25(13)20)27-12-14-5-3-2-4-6-14/h2-9,13,18H,10-12H2,1H3/t13-/m1/s1. The molecule has 140 valence electrons. The third kappa shape index (κ3) is 3.43. The highest BCUT2D eigenvalue weighted by Gasteiger charge is 2.41. The van der Waals surface area contributed by atoms with Crippen LogP contribution < -0.4 is 4.90 Å². The SMILES string of the molecule is C[C@@H]1CN=C2N(CC(F)F)C(=O)c3cc(SCc4ccccc4)ccc3N21. The van der Waals surface area contributed by atoms with E-state index in [-0.39, 0.29) is 6.04 Å². The van der Waals surface area contributed by atoms with Crippen LogP contribution in [0.5, 0.6) is 0 Å². The number of halogens is 2. The average Bonchev–Trinajstić information content (AvgIpc) is 3.05. The number of fused-ring (bicyclic) bond motifs is 3. The lowest BCUT2D eigenvalue weighted by molar-refractivity contribution is 0.0699. The van der Waals surface area contributed by atoms with Crippen LogP contribution in [0.1, 0.15) is 22.8 Å². The van der Waals surface area contributed by atoms with Crippen LogP contribution >= 0.6 is 11.8 Å². The van der Waals surface area contributed by atoms with Gasteiger partial charge in [-0.3, -0.25) is 14.7 Å². The van der Waals surface area contributed by atoms with Gasteiger partial charge in [-0.1, -0.05) is 30.3 Å². The first-order chi connectivity index (χ1) is 13.0. The number of alkyl halides is 2. The molecule has 4 nitrogen and oxygen atoms in total. The van der Waals surface area contributed by atoms with Gasteiger partial charge >= 0.3 is 0 Å². The van der Waals surface area contributed by atoms with E-state index >= 15 is 0 Å². The molecular formula is C20H19F2N3OS. The summed E-state index contributed by atoms with van der Waals surface area (Å²) in [7, 11) is 0. The molecule has 2 aromatic rings. The van der Waals surface area contributed by atoms with Crippen molar-refractivity contribution in [1.29, 1.82) is 0 Å². The first kappa shape index (κ1) is 18.0. The molecule has 0 N–H and O–H groups in total. The molecule has 0 radical (unpaired) electrons. The van der Waals surface area contributed by atoms with Gasteiger partial charge in [0.1, 0.15) is 0 Å². The Labute approximate surface area is 160 Å². The summed E-state index contributed by atoms with van der Waals surface area (Å²) < 4.78 is 26.1. The number of hydrogen-bond acceptors (Lipinski definition) is 4. The van der Waals surface area contributed by atoms with Gasteiger partial charge in [0, 0.05) is 10.6 Å². The van der Waals surface area contributed by atoms with Gasteiger partial charge in [0.05, 0.1) is 30.4 Å². The molecule has 0 fully saturated rings. The molecule has 0 aromatic heterocycles. The molecule has 0 bridgehead atoms. The zero-order chi connectivity index (χ0) is 19.0. The van der Waals surface area contributed by atoms with Crippen molar-refractivity contribution < 1.29 is 13.6 Å². The number of benzene rings is 2. The highest BCUT2D eigenvalue weighted by atomic mass is 32.2. The fourth-order valence-electron chi connectivity index (χ4n) is 3.40. The third-order valence-electron chi connectivity index (χ3n) is 4.67. The molecule has 1 amide bonds. The lowest BCUT2D eigenvalue weighted by Crippen LogP contribution is -2.53. The second-order valence-corrected chi connectivity index (χ2v) is 7.67. The third-order valence-corrected chi connectivity index (χ3v) is 5.73. The maximum absolute atomic E-state index is 13.0. The Morgan fingerprint density at radius 1 is 1.22 bits per heavy atom. The highest BCUT2D eigenvalue weighted by Crippen LogP contribution is 2.36. The van der Waals surface area contributed by atoms with Crippen molar-refractivity contribution in [3.05, 3.63) is 59.7 Å². The van der Waals surface area contributed by atoms with Crippen LogP contribution in [0.25, 0.3) is 0 Å². The molecule has 2 aliphatic rings. The molecule has 0 unspecified atom stereocenters. The van der Waals surface area contributed by atoms with Crippen LogP contribution in [0, 0.1) is 0 Å². The van der Waals surface area contributed by atoms with Crippen LogP contribution in [0.15, 0.2) is 58.4 Å². The lowest BCUT2D eigenvalue weighted by Gasteiger charge is -2.37. The topological polar surface area (TPSA) is 35.9 Å². The normalized spacial score (nSPS) is 18.6. The van der Waals surface area contributed by atoms with Gasteiger partial charge in [0.25, 0.3) is 12.3 Å². The fourth-order valence-corrected chi connectivity index (χ4v) is 4.29. The van der Waals surface area contributed by atoms with Crippen LogP contribution in [-0.2, 0) is 5.75 Å². The van der Waals surface area contributed by atoms with E-state index in [1.54, 1.807) is 11.8 Å². The quantitative estimate of drug-likeness (QED) is 0.719. The summed E-state index contributed by atoms with van der Waals surface area (Å²) in [5, 5.41) is 0. The molecular weight excluding hydrogens is 368 g/mol. The van der Waals surface area contributed by atoms with Crippen molar-refractivity contribution in [2.24, 2.45) is 4.99 Å². The minimum atomic E-state index is -2.61. The maximum atomic E-state index is 13.0. The molecule has 4 rings (SSSR count). The van der Waals surface area contributed by atoms with Crippen molar-refractivity contribution >= 4 is 29.3 Å². The Bertz CT molecular complexity index is 888. The first-order valence-electron chi connectivity index (χ1n) is 8.79. The molecule has 0 saturated heterocycles. The van der Waals surface area contributed by atoms with Crippen molar-refractivity contribution in [1.82, 2.24) is 4.90 Å². The van der Waals surface area contributed by atoms with E-state index in [4.69, 9.17) is 0 Å². The van der Waals surface area contributed by atoms with Crippen LogP contribution in [0.3, 0.4) is 0 Å². The summed E-state index contributed by atoms with van der Waals surface area (Å²) >= 11 is 1.62. The number of rotatable bonds is 5. The largest absolute Gasteiger partial charge is 0.307 e. The zero-order valence-electron chi connectivity index (χ0n) is 14.8. The van der Waals surface area contributed by atoms with E-state index in [1.807, 2.05) is 48.2 Å². The smallest absolute Gasteiger partial charge is 0.262 e. The van der Waals surface area contributed by atoms with Gasteiger partial charge in [-0.05, 0) is 30.7 Å². The van der Waals surface area contributed by atoms with E-state index in [9.17, 15) is 13.6 Å². The summed E-state index contributed by atoms with van der Waals surface area (Å²) in [6.07, 6.45) is -2.61. The number of guanidine groups is 1. The highest BCUT2D eigenvalue weighted by molar-refractivity contribution is 7.98. The monoisotopic (exact) mass is 387 g/mol. The van der Waals surface area contributed by atoms with Crippen molar-refractivity contribution in [2.75, 3.05) is 18.0 Å². The number of nitrogens with zero attached hydrogens (tertiary/aromatic N) is 3. The number of carbonyl (C=O) groups is 1. The number of anilines is 1. The lowest BCUT2D eigenvalue weighted by atomic mass is 10.1. The second kappa shape index (κ2) is 7.31. The van der Waals surface area contributed by atoms with Gasteiger partial charge in [0.15, 0.2) is 0 Å². The number of hydrogen-bond donors (Lipinski definition) is 0. The summed E-state index contributed by atoms with van der Waals surface area (Å²) in [6.45, 7) is 1.84. The predicted octanol–water partition coefficient (Wildman–Crippen LogP) is 4.26. The van der Waals surface area contributed by atoms with E-state index in [2.05, 4.69) is 17.1 Å². The summed E-state index contributed by atoms with van der Waals surface area (Å²) in [6, 6.07) is 15.8. The molecule has 0 spiro atoms. The Balaban J connectivity index is 1.64.